The average Bonchev–Trinajstić information content (AvgIpc) is 3.50. The SMILES string of the molecule is CC1[C@@H](OCc2ccccc2)[C@@H](OCc2ccccc2)C(COCc2ccccc2)O[C@H]1Sc1ccccc1.C[C@@H]1C(OCc2ccccc2)[C@@H](Sc2ccccc2)OC(COCc2ccccc2)[C@@H]1OCc1ccccc1. The molecule has 0 N–H and O–H groups in total. The lowest BCUT2D eigenvalue weighted by Gasteiger charge is -2.45. The highest BCUT2D eigenvalue weighted by molar-refractivity contribution is 8.00. The van der Waals surface area contributed by atoms with Crippen molar-refractivity contribution in [3.8, 4) is 0 Å². The Kier molecular flexibility index (Phi) is 22.6. The summed E-state index contributed by atoms with van der Waals surface area (Å²) in [6, 6.07) is 82.4. The van der Waals surface area contributed by atoms with E-state index >= 15 is 0 Å². The van der Waals surface area contributed by atoms with Gasteiger partial charge < -0.3 is 37.9 Å². The number of benzene rings is 8. The zero-order valence-corrected chi connectivity index (χ0v) is 46.2. The number of hydrogen-bond donors (Lipinski definition) is 0. The zero-order valence-electron chi connectivity index (χ0n) is 44.6. The van der Waals surface area contributed by atoms with E-state index in [2.05, 4.69) is 135 Å². The van der Waals surface area contributed by atoms with Crippen LogP contribution >= 0.6 is 23.5 Å². The highest BCUT2D eigenvalue weighted by Gasteiger charge is 2.47. The van der Waals surface area contributed by atoms with Gasteiger partial charge in [-0.25, -0.2) is 0 Å². The van der Waals surface area contributed by atoms with Crippen molar-refractivity contribution in [2.75, 3.05) is 13.2 Å². The molecule has 2 fully saturated rings. The second-order valence-corrected chi connectivity index (χ2v) is 22.1. The Balaban J connectivity index is 0.000000190. The summed E-state index contributed by atoms with van der Waals surface area (Å²) in [6.45, 7) is 8.36. The summed E-state index contributed by atoms with van der Waals surface area (Å²) in [5.74, 6) is 0.169. The van der Waals surface area contributed by atoms with Crippen LogP contribution in [0.3, 0.4) is 0 Å². The molecule has 0 radical (unpaired) electrons. The maximum Gasteiger partial charge on any atom is 0.134 e. The van der Waals surface area contributed by atoms with Crippen molar-refractivity contribution in [1.82, 2.24) is 0 Å². The van der Waals surface area contributed by atoms with Crippen LogP contribution in [-0.4, -0.2) is 60.7 Å². The van der Waals surface area contributed by atoms with Gasteiger partial charge in [-0.2, -0.15) is 0 Å². The Morgan fingerprint density at radius 2 is 0.577 bits per heavy atom. The maximum absolute atomic E-state index is 6.79. The number of hydrogen-bond acceptors (Lipinski definition) is 10. The van der Waals surface area contributed by atoms with Crippen LogP contribution < -0.4 is 0 Å². The quantitative estimate of drug-likeness (QED) is 0.0584. The molecule has 10 rings (SSSR count). The summed E-state index contributed by atoms with van der Waals surface area (Å²) in [6.07, 6.45) is -1.32. The lowest BCUT2D eigenvalue weighted by Crippen LogP contribution is -2.56. The molecule has 0 saturated carbocycles. The molecule has 78 heavy (non-hydrogen) atoms. The molecule has 404 valence electrons. The van der Waals surface area contributed by atoms with Gasteiger partial charge in [-0.3, -0.25) is 0 Å². The third-order valence-corrected chi connectivity index (χ3v) is 16.3. The van der Waals surface area contributed by atoms with Crippen LogP contribution in [0, 0.1) is 11.8 Å². The molecule has 2 aliphatic rings. The third kappa shape index (κ3) is 17.6. The van der Waals surface area contributed by atoms with Crippen LogP contribution in [0.1, 0.15) is 47.2 Å². The van der Waals surface area contributed by atoms with Gasteiger partial charge in [-0.15, -0.1) is 0 Å². The first kappa shape index (κ1) is 56.8. The average molecular weight is 1080 g/mol. The molecule has 0 aliphatic carbocycles. The molecule has 8 aromatic carbocycles. The largest absolute Gasteiger partial charge is 0.374 e. The molecular formula is C68H72O8S2. The van der Waals surface area contributed by atoms with Crippen LogP contribution in [-0.2, 0) is 77.5 Å². The Morgan fingerprint density at radius 3 is 0.962 bits per heavy atom. The topological polar surface area (TPSA) is 73.8 Å². The van der Waals surface area contributed by atoms with Crippen LogP contribution in [0.5, 0.6) is 0 Å². The maximum atomic E-state index is 6.79. The van der Waals surface area contributed by atoms with Crippen LogP contribution in [0.15, 0.2) is 252 Å². The summed E-state index contributed by atoms with van der Waals surface area (Å²) in [7, 11) is 0. The second kappa shape index (κ2) is 31.1. The number of ether oxygens (including phenoxy) is 8. The van der Waals surface area contributed by atoms with Crippen molar-refractivity contribution in [3.63, 3.8) is 0 Å². The molecule has 8 nitrogen and oxygen atoms in total. The molecule has 0 bridgehead atoms. The van der Waals surface area contributed by atoms with Gasteiger partial charge in [0.25, 0.3) is 0 Å². The molecule has 2 heterocycles. The fourth-order valence-electron chi connectivity index (χ4n) is 9.64. The monoisotopic (exact) mass is 1080 g/mol. The second-order valence-electron chi connectivity index (χ2n) is 19.7. The fraction of sp³-hybridized carbons (Fsp3) is 0.294. The number of rotatable bonds is 24. The van der Waals surface area contributed by atoms with Crippen LogP contribution in [0.4, 0.5) is 0 Å². The summed E-state index contributed by atoms with van der Waals surface area (Å²) < 4.78 is 52.4. The van der Waals surface area contributed by atoms with Gasteiger partial charge in [0.1, 0.15) is 29.2 Å². The lowest BCUT2D eigenvalue weighted by atomic mass is 9.91. The zero-order chi connectivity index (χ0) is 53.4. The molecular weight excluding hydrogens is 1010 g/mol. The van der Waals surface area contributed by atoms with Crippen molar-refractivity contribution in [3.05, 3.63) is 276 Å². The van der Waals surface area contributed by atoms with Gasteiger partial charge in [-0.05, 0) is 57.6 Å². The molecule has 0 aromatic heterocycles. The lowest BCUT2D eigenvalue weighted by molar-refractivity contribution is -0.224. The van der Waals surface area contributed by atoms with Gasteiger partial charge >= 0.3 is 0 Å². The number of thioether (sulfide) groups is 2. The first-order chi connectivity index (χ1) is 38.5. The first-order valence-electron chi connectivity index (χ1n) is 27.1. The fourth-order valence-corrected chi connectivity index (χ4v) is 12.0. The molecule has 4 unspecified atom stereocenters. The van der Waals surface area contributed by atoms with Gasteiger partial charge in [0.2, 0.25) is 0 Å². The van der Waals surface area contributed by atoms with Crippen molar-refractivity contribution in [2.45, 2.75) is 111 Å². The van der Waals surface area contributed by atoms with Crippen LogP contribution in [0.25, 0.3) is 0 Å². The van der Waals surface area contributed by atoms with E-state index in [1.54, 1.807) is 23.5 Å². The first-order valence-corrected chi connectivity index (χ1v) is 28.9. The van der Waals surface area contributed by atoms with E-state index in [1.165, 1.54) is 4.90 Å². The van der Waals surface area contributed by atoms with Crippen molar-refractivity contribution in [1.29, 1.82) is 0 Å². The highest BCUT2D eigenvalue weighted by Crippen LogP contribution is 2.41. The molecule has 2 aliphatic heterocycles. The summed E-state index contributed by atoms with van der Waals surface area (Å²) in [5.41, 5.74) is 6.51. The predicted octanol–water partition coefficient (Wildman–Crippen LogP) is 15.1. The molecule has 8 aromatic rings. The summed E-state index contributed by atoms with van der Waals surface area (Å²) in [5, 5.41) is 0. The van der Waals surface area contributed by atoms with E-state index in [4.69, 9.17) is 37.9 Å². The Bertz CT molecular complexity index is 2840. The molecule has 10 heteroatoms. The normalized spacial score (nSPS) is 22.9. The minimum Gasteiger partial charge on any atom is -0.374 e. The van der Waals surface area contributed by atoms with E-state index in [1.807, 2.05) is 121 Å². The molecule has 0 spiro atoms. The highest BCUT2D eigenvalue weighted by atomic mass is 32.2. The van der Waals surface area contributed by atoms with Gasteiger partial charge in [-0.1, -0.05) is 256 Å². The predicted molar refractivity (Wildman–Crippen MR) is 313 cm³/mol. The van der Waals surface area contributed by atoms with E-state index in [0.29, 0.717) is 52.9 Å². The van der Waals surface area contributed by atoms with E-state index in [-0.39, 0.29) is 59.3 Å². The molecule has 0 amide bonds. The van der Waals surface area contributed by atoms with Crippen molar-refractivity contribution >= 4 is 23.5 Å². The van der Waals surface area contributed by atoms with E-state index in [9.17, 15) is 0 Å². The van der Waals surface area contributed by atoms with Crippen molar-refractivity contribution < 1.29 is 37.9 Å². The Labute approximate surface area is 470 Å². The Hall–Kier alpha value is -5.86. The van der Waals surface area contributed by atoms with Crippen LogP contribution in [0.2, 0.25) is 0 Å². The Morgan fingerprint density at radius 1 is 0.295 bits per heavy atom. The van der Waals surface area contributed by atoms with E-state index in [0.717, 1.165) is 38.3 Å². The molecule has 10 atom stereocenters. The van der Waals surface area contributed by atoms with Gasteiger partial charge in [0, 0.05) is 21.6 Å². The smallest absolute Gasteiger partial charge is 0.134 e. The minimum absolute atomic E-state index is 0.0812. The molecule has 2 saturated heterocycles. The van der Waals surface area contributed by atoms with Gasteiger partial charge in [0.05, 0.1) is 71.2 Å². The summed E-state index contributed by atoms with van der Waals surface area (Å²) >= 11 is 3.44. The summed E-state index contributed by atoms with van der Waals surface area (Å²) in [4.78, 5) is 2.32. The van der Waals surface area contributed by atoms with Crippen molar-refractivity contribution in [2.24, 2.45) is 11.8 Å². The van der Waals surface area contributed by atoms with E-state index < -0.39 is 0 Å². The third-order valence-electron chi connectivity index (χ3n) is 13.8. The standard InChI is InChI=1S/2C34H36O4S/c1-26-32(36-23-28-16-8-3-9-17-28)33(37-24-29-18-10-4-11-19-29)31(25-35-22-27-14-6-2-7-15-27)38-34(26)39-30-20-12-5-13-21-30;1-26-32(36-23-28-16-8-3-9-17-28)31(25-35-22-27-14-6-2-7-15-27)38-34(39-30-20-12-5-13-21-30)33(26)37-24-29-18-10-4-11-19-29/h2*2-21,26,31-34H,22-25H2,1H3/t26?,31?,32-,33+,34+;26-,31?,32+,33?,34+/m10/s1. The minimum atomic E-state index is -0.285. The van der Waals surface area contributed by atoms with Gasteiger partial charge in [0.15, 0.2) is 0 Å².